The number of nitrogens with one attached hydrogen (secondary N) is 3. The van der Waals surface area contributed by atoms with E-state index in [1.165, 1.54) is 11.8 Å². The molecule has 0 fully saturated rings. The molecule has 0 aliphatic heterocycles. The predicted molar refractivity (Wildman–Crippen MR) is 168 cm³/mol. The molecule has 6 nitrogen and oxygen atoms in total. The van der Waals surface area contributed by atoms with Crippen LogP contribution >= 0.6 is 11.8 Å². The van der Waals surface area contributed by atoms with Gasteiger partial charge >= 0.3 is 0 Å². The van der Waals surface area contributed by atoms with Gasteiger partial charge in [-0.05, 0) is 92.9 Å². The minimum Gasteiger partial charge on any atom is -0.325 e. The van der Waals surface area contributed by atoms with Crippen LogP contribution in [0, 0.1) is 20.8 Å². The Hall–Kier alpha value is -4.62. The Balaban J connectivity index is 1.43. The summed E-state index contributed by atoms with van der Waals surface area (Å²) in [5, 5.41) is 8.31. The third kappa shape index (κ3) is 8.19. The molecule has 1 atom stereocenters. The largest absolute Gasteiger partial charge is 0.325 e. The lowest BCUT2D eigenvalue weighted by atomic mass is 10.1. The lowest BCUT2D eigenvalue weighted by Crippen LogP contribution is -2.30. The van der Waals surface area contributed by atoms with E-state index in [0.717, 1.165) is 32.8 Å². The van der Waals surface area contributed by atoms with Gasteiger partial charge in [0.15, 0.2) is 0 Å². The highest BCUT2D eigenvalue weighted by molar-refractivity contribution is 8.00. The molecule has 0 heterocycles. The van der Waals surface area contributed by atoms with E-state index in [0.29, 0.717) is 11.3 Å². The first-order valence-corrected chi connectivity index (χ1v) is 14.2. The fourth-order valence-electron chi connectivity index (χ4n) is 3.97. The van der Waals surface area contributed by atoms with Gasteiger partial charge in [-0.1, -0.05) is 60.2 Å². The van der Waals surface area contributed by atoms with Crippen molar-refractivity contribution in [2.24, 2.45) is 0 Å². The highest BCUT2D eigenvalue weighted by Gasteiger charge is 2.17. The predicted octanol–water partition coefficient (Wildman–Crippen LogP) is 7.14. The van der Waals surface area contributed by atoms with Gasteiger partial charge < -0.3 is 16.0 Å². The van der Waals surface area contributed by atoms with Crippen LogP contribution in [0.1, 0.15) is 39.5 Å². The summed E-state index contributed by atoms with van der Waals surface area (Å²) in [5.74, 6) is -0.906. The van der Waals surface area contributed by atoms with Crippen molar-refractivity contribution in [2.75, 3.05) is 10.6 Å². The summed E-state index contributed by atoms with van der Waals surface area (Å²) in [7, 11) is 0. The summed E-state index contributed by atoms with van der Waals surface area (Å²) in [6.07, 6.45) is 1.65. The van der Waals surface area contributed by atoms with Gasteiger partial charge in [0.25, 0.3) is 11.8 Å². The van der Waals surface area contributed by atoms with Crippen LogP contribution in [0.25, 0.3) is 6.08 Å². The number of anilines is 2. The molecule has 4 aromatic rings. The molecule has 3 N–H and O–H groups in total. The number of hydrogen-bond donors (Lipinski definition) is 3. The molecule has 7 heteroatoms. The molecule has 3 amide bonds. The quantitative estimate of drug-likeness (QED) is 0.149. The molecule has 0 bridgehead atoms. The van der Waals surface area contributed by atoms with E-state index in [1.54, 1.807) is 42.5 Å². The summed E-state index contributed by atoms with van der Waals surface area (Å²) in [6.45, 7) is 7.85. The zero-order valence-electron chi connectivity index (χ0n) is 23.5. The number of carbonyl (C=O) groups is 3. The average molecular weight is 564 g/mol. The molecular formula is C34H33N3O3S. The fourth-order valence-corrected chi connectivity index (χ4v) is 4.83. The van der Waals surface area contributed by atoms with Crippen LogP contribution in [0.2, 0.25) is 0 Å². The van der Waals surface area contributed by atoms with Crippen LogP contribution in [0.4, 0.5) is 11.4 Å². The molecule has 41 heavy (non-hydrogen) atoms. The van der Waals surface area contributed by atoms with E-state index in [4.69, 9.17) is 0 Å². The van der Waals surface area contributed by atoms with Crippen molar-refractivity contribution >= 4 is 46.9 Å². The highest BCUT2D eigenvalue weighted by Crippen LogP contribution is 2.27. The molecule has 0 aliphatic carbocycles. The third-order valence-electron chi connectivity index (χ3n) is 6.57. The van der Waals surface area contributed by atoms with E-state index >= 15 is 0 Å². The monoisotopic (exact) mass is 563 g/mol. The second-order valence-corrected chi connectivity index (χ2v) is 11.2. The lowest BCUT2D eigenvalue weighted by Gasteiger charge is -2.15. The van der Waals surface area contributed by atoms with Crippen LogP contribution < -0.4 is 16.0 Å². The second kappa shape index (κ2) is 13.6. The molecule has 0 spiro atoms. The van der Waals surface area contributed by atoms with Gasteiger partial charge in [-0.2, -0.15) is 0 Å². The molecule has 0 saturated heterocycles. The third-order valence-corrected chi connectivity index (χ3v) is 7.69. The molecule has 4 rings (SSSR count). The summed E-state index contributed by atoms with van der Waals surface area (Å²) >= 11 is 1.43. The first-order valence-electron chi connectivity index (χ1n) is 13.3. The summed E-state index contributed by atoms with van der Waals surface area (Å²) < 4.78 is 0. The first kappa shape index (κ1) is 29.4. The Morgan fingerprint density at radius 2 is 1.44 bits per heavy atom. The van der Waals surface area contributed by atoms with E-state index < -0.39 is 5.91 Å². The van der Waals surface area contributed by atoms with E-state index in [1.807, 2.05) is 88.4 Å². The summed E-state index contributed by atoms with van der Waals surface area (Å²) in [4.78, 5) is 39.8. The normalized spacial score (nSPS) is 11.9. The van der Waals surface area contributed by atoms with Gasteiger partial charge in [0.1, 0.15) is 5.70 Å². The van der Waals surface area contributed by atoms with Crippen molar-refractivity contribution in [3.05, 3.63) is 131 Å². The van der Waals surface area contributed by atoms with Crippen LogP contribution in [0.15, 0.2) is 108 Å². The maximum Gasteiger partial charge on any atom is 0.272 e. The maximum absolute atomic E-state index is 13.3. The molecular weight excluding hydrogens is 530 g/mol. The number of benzene rings is 4. The minimum absolute atomic E-state index is 0.0823. The highest BCUT2D eigenvalue weighted by atomic mass is 32.2. The van der Waals surface area contributed by atoms with Crippen LogP contribution in [-0.2, 0) is 9.59 Å². The van der Waals surface area contributed by atoms with Crippen molar-refractivity contribution in [2.45, 2.75) is 37.8 Å². The number of thioether (sulfide) groups is 1. The van der Waals surface area contributed by atoms with E-state index in [9.17, 15) is 14.4 Å². The number of aryl methyl sites for hydroxylation is 2. The van der Waals surface area contributed by atoms with Crippen LogP contribution in [-0.4, -0.2) is 23.0 Å². The van der Waals surface area contributed by atoms with Gasteiger partial charge in [-0.15, -0.1) is 11.8 Å². The molecule has 4 aromatic carbocycles. The Morgan fingerprint density at radius 3 is 2.12 bits per heavy atom. The van der Waals surface area contributed by atoms with Gasteiger partial charge in [0.2, 0.25) is 5.91 Å². The summed E-state index contributed by atoms with van der Waals surface area (Å²) in [5.41, 5.74) is 6.01. The first-order chi connectivity index (χ1) is 19.7. The van der Waals surface area contributed by atoms with Gasteiger partial charge in [0, 0.05) is 21.8 Å². The zero-order valence-corrected chi connectivity index (χ0v) is 24.3. The van der Waals surface area contributed by atoms with Gasteiger partial charge in [-0.25, -0.2) is 0 Å². The van der Waals surface area contributed by atoms with Crippen molar-refractivity contribution in [3.8, 4) is 0 Å². The Labute approximate surface area is 245 Å². The number of hydrogen-bond acceptors (Lipinski definition) is 4. The standard InChI is InChI=1S/C34H33N3O3S/c1-22-13-15-26(16-14-22)21-31(37-33(39)27-10-6-5-7-11-27)34(40)35-28-17-19-29(20-18-28)41-25(4)32(38)36-30-12-8-9-23(2)24(30)3/h5-21,25H,1-4H3,(H,35,40)(H,36,38)(H,37,39)/b31-21-. The summed E-state index contributed by atoms with van der Waals surface area (Å²) in [6, 6.07) is 29.5. The van der Waals surface area contributed by atoms with Crippen molar-refractivity contribution in [1.82, 2.24) is 5.32 Å². The fraction of sp³-hybridized carbons (Fsp3) is 0.147. The smallest absolute Gasteiger partial charge is 0.272 e. The zero-order chi connectivity index (χ0) is 29.4. The van der Waals surface area contributed by atoms with Crippen molar-refractivity contribution in [1.29, 1.82) is 0 Å². The number of amides is 3. The molecule has 0 saturated carbocycles. The average Bonchev–Trinajstić information content (AvgIpc) is 2.97. The molecule has 1 unspecified atom stereocenters. The van der Waals surface area contributed by atoms with Gasteiger partial charge in [-0.3, -0.25) is 14.4 Å². The van der Waals surface area contributed by atoms with E-state index in [-0.39, 0.29) is 22.8 Å². The van der Waals surface area contributed by atoms with Crippen LogP contribution in [0.3, 0.4) is 0 Å². The number of rotatable bonds is 9. The molecule has 208 valence electrons. The Bertz CT molecular complexity index is 1560. The SMILES string of the molecule is Cc1ccc(/C=C(\NC(=O)c2ccccc2)C(=O)Nc2ccc(SC(C)C(=O)Nc3cccc(C)c3C)cc2)cc1. The molecule has 0 aromatic heterocycles. The number of carbonyl (C=O) groups excluding carboxylic acids is 3. The Morgan fingerprint density at radius 1 is 0.756 bits per heavy atom. The topological polar surface area (TPSA) is 87.3 Å². The van der Waals surface area contributed by atoms with Crippen LogP contribution in [0.5, 0.6) is 0 Å². The molecule has 0 aliphatic rings. The maximum atomic E-state index is 13.3. The lowest BCUT2D eigenvalue weighted by molar-refractivity contribution is -0.115. The minimum atomic E-state index is -0.448. The second-order valence-electron chi connectivity index (χ2n) is 9.76. The van der Waals surface area contributed by atoms with E-state index in [2.05, 4.69) is 16.0 Å². The van der Waals surface area contributed by atoms with Crippen molar-refractivity contribution < 1.29 is 14.4 Å². The van der Waals surface area contributed by atoms with Crippen molar-refractivity contribution in [3.63, 3.8) is 0 Å². The van der Waals surface area contributed by atoms with Gasteiger partial charge in [0.05, 0.1) is 5.25 Å². The Kier molecular flexibility index (Phi) is 9.77. The molecule has 0 radical (unpaired) electrons.